The SMILES string of the molecule is CCc1ncc(NC2COC2)c(C(N)=O)n1. The van der Waals surface area contributed by atoms with Crippen LogP contribution >= 0.6 is 0 Å². The quantitative estimate of drug-likeness (QED) is 0.745. The zero-order chi connectivity index (χ0) is 11.5. The van der Waals surface area contributed by atoms with Crippen molar-refractivity contribution in [2.45, 2.75) is 19.4 Å². The molecule has 1 fully saturated rings. The van der Waals surface area contributed by atoms with E-state index in [0.717, 1.165) is 0 Å². The maximum Gasteiger partial charge on any atom is 0.269 e. The van der Waals surface area contributed by atoms with E-state index in [0.29, 0.717) is 31.1 Å². The first-order valence-corrected chi connectivity index (χ1v) is 5.20. The highest BCUT2D eigenvalue weighted by Crippen LogP contribution is 2.15. The molecule has 1 aromatic heterocycles. The Kier molecular flexibility index (Phi) is 3.00. The van der Waals surface area contributed by atoms with Gasteiger partial charge >= 0.3 is 0 Å². The average molecular weight is 222 g/mol. The van der Waals surface area contributed by atoms with Crippen molar-refractivity contribution >= 4 is 11.6 Å². The zero-order valence-electron chi connectivity index (χ0n) is 9.06. The molecule has 1 aliphatic heterocycles. The fourth-order valence-electron chi connectivity index (χ4n) is 1.42. The van der Waals surface area contributed by atoms with Crippen LogP contribution in [0.5, 0.6) is 0 Å². The second-order valence-electron chi connectivity index (χ2n) is 3.65. The summed E-state index contributed by atoms with van der Waals surface area (Å²) in [5.74, 6) is 0.0732. The first-order valence-electron chi connectivity index (χ1n) is 5.20. The number of nitrogens with zero attached hydrogens (tertiary/aromatic N) is 2. The Hall–Kier alpha value is -1.69. The molecule has 0 atom stereocenters. The van der Waals surface area contributed by atoms with Gasteiger partial charge in [-0.1, -0.05) is 6.92 Å². The van der Waals surface area contributed by atoms with E-state index in [9.17, 15) is 4.79 Å². The van der Waals surface area contributed by atoms with E-state index >= 15 is 0 Å². The molecule has 6 heteroatoms. The van der Waals surface area contributed by atoms with Crippen LogP contribution in [0.15, 0.2) is 6.20 Å². The minimum Gasteiger partial charge on any atom is -0.377 e. The van der Waals surface area contributed by atoms with E-state index in [1.165, 1.54) is 0 Å². The number of nitrogens with one attached hydrogen (secondary N) is 1. The van der Waals surface area contributed by atoms with Gasteiger partial charge in [0, 0.05) is 6.42 Å². The highest BCUT2D eigenvalue weighted by Gasteiger charge is 2.21. The largest absolute Gasteiger partial charge is 0.377 e. The lowest BCUT2D eigenvalue weighted by atomic mass is 10.2. The van der Waals surface area contributed by atoms with Crippen molar-refractivity contribution in [3.05, 3.63) is 17.7 Å². The van der Waals surface area contributed by atoms with Crippen LogP contribution in [-0.4, -0.2) is 35.1 Å². The first kappa shape index (κ1) is 10.8. The van der Waals surface area contributed by atoms with Gasteiger partial charge in [0.2, 0.25) is 0 Å². The molecule has 16 heavy (non-hydrogen) atoms. The number of hydrogen-bond acceptors (Lipinski definition) is 5. The van der Waals surface area contributed by atoms with Crippen molar-refractivity contribution in [1.29, 1.82) is 0 Å². The first-order chi connectivity index (χ1) is 7.70. The van der Waals surface area contributed by atoms with E-state index in [-0.39, 0.29) is 11.7 Å². The maximum atomic E-state index is 11.2. The highest BCUT2D eigenvalue weighted by atomic mass is 16.5. The summed E-state index contributed by atoms with van der Waals surface area (Å²) in [4.78, 5) is 19.5. The molecule has 1 saturated heterocycles. The third-order valence-electron chi connectivity index (χ3n) is 2.39. The second-order valence-corrected chi connectivity index (χ2v) is 3.65. The van der Waals surface area contributed by atoms with E-state index in [2.05, 4.69) is 15.3 Å². The van der Waals surface area contributed by atoms with Gasteiger partial charge in [0.05, 0.1) is 31.1 Å². The zero-order valence-corrected chi connectivity index (χ0v) is 9.06. The van der Waals surface area contributed by atoms with E-state index in [4.69, 9.17) is 10.5 Å². The van der Waals surface area contributed by atoms with E-state index in [1.54, 1.807) is 6.20 Å². The van der Waals surface area contributed by atoms with Crippen LogP contribution in [0.3, 0.4) is 0 Å². The molecule has 1 amide bonds. The fourth-order valence-corrected chi connectivity index (χ4v) is 1.42. The van der Waals surface area contributed by atoms with Gasteiger partial charge in [-0.2, -0.15) is 0 Å². The lowest BCUT2D eigenvalue weighted by Crippen LogP contribution is -2.41. The van der Waals surface area contributed by atoms with Gasteiger partial charge in [-0.25, -0.2) is 9.97 Å². The Balaban J connectivity index is 2.24. The molecule has 2 heterocycles. The molecule has 6 nitrogen and oxygen atoms in total. The van der Waals surface area contributed by atoms with Crippen LogP contribution in [0.2, 0.25) is 0 Å². The number of ether oxygens (including phenoxy) is 1. The van der Waals surface area contributed by atoms with Crippen LogP contribution in [0, 0.1) is 0 Å². The topological polar surface area (TPSA) is 90.1 Å². The van der Waals surface area contributed by atoms with Crippen molar-refractivity contribution in [3.63, 3.8) is 0 Å². The van der Waals surface area contributed by atoms with Crippen molar-refractivity contribution in [2.75, 3.05) is 18.5 Å². The standard InChI is InChI=1S/C10H14N4O2/c1-2-8-12-3-7(9(14-8)10(11)15)13-6-4-16-5-6/h3,6,13H,2,4-5H2,1H3,(H2,11,15). The molecule has 0 radical (unpaired) electrons. The maximum absolute atomic E-state index is 11.2. The number of primary amides is 1. The summed E-state index contributed by atoms with van der Waals surface area (Å²) in [6.45, 7) is 3.19. The lowest BCUT2D eigenvalue weighted by Gasteiger charge is -2.28. The summed E-state index contributed by atoms with van der Waals surface area (Å²) < 4.78 is 5.03. The third-order valence-corrected chi connectivity index (χ3v) is 2.39. The fraction of sp³-hybridized carbons (Fsp3) is 0.500. The second kappa shape index (κ2) is 4.44. The number of carbonyl (C=O) groups is 1. The Morgan fingerprint density at radius 1 is 1.69 bits per heavy atom. The van der Waals surface area contributed by atoms with Crippen LogP contribution in [0.25, 0.3) is 0 Å². The number of anilines is 1. The number of rotatable bonds is 4. The number of nitrogens with two attached hydrogens (primary N) is 1. The van der Waals surface area contributed by atoms with Gasteiger partial charge < -0.3 is 15.8 Å². The van der Waals surface area contributed by atoms with Gasteiger partial charge in [0.25, 0.3) is 5.91 Å². The van der Waals surface area contributed by atoms with Crippen molar-refractivity contribution in [3.8, 4) is 0 Å². The summed E-state index contributed by atoms with van der Waals surface area (Å²) in [7, 11) is 0. The van der Waals surface area contributed by atoms with Crippen molar-refractivity contribution in [1.82, 2.24) is 9.97 Å². The van der Waals surface area contributed by atoms with E-state index in [1.807, 2.05) is 6.92 Å². The minimum atomic E-state index is -0.542. The summed E-state index contributed by atoms with van der Waals surface area (Å²) in [6, 6.07) is 0.217. The Labute approximate surface area is 93.2 Å². The number of hydrogen-bond donors (Lipinski definition) is 2. The average Bonchev–Trinajstić information content (AvgIpc) is 2.23. The minimum absolute atomic E-state index is 0.217. The molecule has 3 N–H and O–H groups in total. The number of aryl methyl sites for hydroxylation is 1. The van der Waals surface area contributed by atoms with Crippen LogP contribution < -0.4 is 11.1 Å². The van der Waals surface area contributed by atoms with Gasteiger partial charge in [-0.05, 0) is 0 Å². The van der Waals surface area contributed by atoms with Gasteiger partial charge in [0.1, 0.15) is 5.82 Å². The summed E-state index contributed by atoms with van der Waals surface area (Å²) in [5, 5.41) is 3.13. The highest BCUT2D eigenvalue weighted by molar-refractivity contribution is 5.96. The number of aromatic nitrogens is 2. The van der Waals surface area contributed by atoms with Crippen molar-refractivity contribution in [2.24, 2.45) is 5.73 Å². The van der Waals surface area contributed by atoms with Gasteiger partial charge in [-0.15, -0.1) is 0 Å². The van der Waals surface area contributed by atoms with Gasteiger partial charge in [-0.3, -0.25) is 4.79 Å². The number of carbonyl (C=O) groups excluding carboxylic acids is 1. The molecule has 0 aromatic carbocycles. The normalized spacial score (nSPS) is 15.6. The molecule has 86 valence electrons. The van der Waals surface area contributed by atoms with Crippen molar-refractivity contribution < 1.29 is 9.53 Å². The molecule has 1 aromatic rings. The monoisotopic (exact) mass is 222 g/mol. The molecule has 1 aliphatic rings. The Morgan fingerprint density at radius 3 is 2.94 bits per heavy atom. The molecule has 0 unspecified atom stereocenters. The Morgan fingerprint density at radius 2 is 2.44 bits per heavy atom. The predicted octanol–water partition coefficient (Wildman–Crippen LogP) is -0.0514. The van der Waals surface area contributed by atoms with E-state index < -0.39 is 5.91 Å². The molecule has 0 saturated carbocycles. The molecule has 0 aliphatic carbocycles. The summed E-state index contributed by atoms with van der Waals surface area (Å²) >= 11 is 0. The van der Waals surface area contributed by atoms with Gasteiger partial charge in [0.15, 0.2) is 5.69 Å². The lowest BCUT2D eigenvalue weighted by molar-refractivity contribution is 0.0210. The molecular weight excluding hydrogens is 208 g/mol. The third kappa shape index (κ3) is 2.11. The molecule has 0 bridgehead atoms. The molecular formula is C10H14N4O2. The van der Waals surface area contributed by atoms with Crippen LogP contribution in [0.1, 0.15) is 23.2 Å². The summed E-state index contributed by atoms with van der Waals surface area (Å²) in [6.07, 6.45) is 2.28. The molecule has 0 spiro atoms. The predicted molar refractivity (Wildman–Crippen MR) is 58.2 cm³/mol. The Bertz CT molecular complexity index is 404. The number of amides is 1. The smallest absolute Gasteiger partial charge is 0.269 e. The van der Waals surface area contributed by atoms with Crippen LogP contribution in [-0.2, 0) is 11.2 Å². The molecule has 2 rings (SSSR count). The van der Waals surface area contributed by atoms with Crippen LogP contribution in [0.4, 0.5) is 5.69 Å². The summed E-state index contributed by atoms with van der Waals surface area (Å²) in [5.41, 5.74) is 6.10.